The van der Waals surface area contributed by atoms with E-state index >= 15 is 0 Å². The van der Waals surface area contributed by atoms with E-state index in [4.69, 9.17) is 4.74 Å². The van der Waals surface area contributed by atoms with E-state index < -0.39 is 5.60 Å². The molecular weight excluding hydrogens is 448 g/mol. The maximum absolute atomic E-state index is 12.5. The largest absolute Gasteiger partial charge is 0.444 e. The Balaban J connectivity index is 1.41. The van der Waals surface area contributed by atoms with Crippen molar-refractivity contribution >= 4 is 45.7 Å². The summed E-state index contributed by atoms with van der Waals surface area (Å²) >= 11 is 3.05. The van der Waals surface area contributed by atoms with Crippen molar-refractivity contribution < 1.29 is 19.1 Å². The fraction of sp³-hybridized carbons (Fsp3) is 0.545. The van der Waals surface area contributed by atoms with Crippen LogP contribution in [0.4, 0.5) is 9.93 Å². The smallest absolute Gasteiger partial charge is 0.410 e. The van der Waals surface area contributed by atoms with Gasteiger partial charge in [0.15, 0.2) is 5.13 Å². The minimum atomic E-state index is -0.525. The number of aromatic nitrogens is 1. The minimum Gasteiger partial charge on any atom is -0.444 e. The Bertz CT molecular complexity index is 963. The van der Waals surface area contributed by atoms with Gasteiger partial charge in [-0.25, -0.2) is 9.78 Å². The summed E-state index contributed by atoms with van der Waals surface area (Å²) in [5.74, 6) is -0.156. The molecule has 0 saturated carbocycles. The molecule has 3 amide bonds. The number of thiazole rings is 1. The second-order valence-corrected chi connectivity index (χ2v) is 11.0. The van der Waals surface area contributed by atoms with Crippen molar-refractivity contribution in [3.8, 4) is 0 Å². The molecular formula is C22H30N4O4S2. The Morgan fingerprint density at radius 3 is 2.69 bits per heavy atom. The van der Waals surface area contributed by atoms with E-state index in [1.165, 1.54) is 23.1 Å². The van der Waals surface area contributed by atoms with Gasteiger partial charge in [0, 0.05) is 41.2 Å². The minimum absolute atomic E-state index is 0.0334. The number of rotatable bonds is 7. The van der Waals surface area contributed by atoms with Gasteiger partial charge in [-0.2, -0.15) is 0 Å². The number of aryl methyl sites for hydroxylation is 2. The molecule has 1 saturated heterocycles. The normalized spacial score (nSPS) is 16.1. The molecule has 8 nitrogen and oxygen atoms in total. The first-order valence-electron chi connectivity index (χ1n) is 10.6. The molecule has 3 rings (SSSR count). The maximum Gasteiger partial charge on any atom is 0.410 e. The van der Waals surface area contributed by atoms with Crippen molar-refractivity contribution in [2.45, 2.75) is 65.0 Å². The molecule has 10 heteroatoms. The van der Waals surface area contributed by atoms with Gasteiger partial charge >= 0.3 is 6.09 Å². The van der Waals surface area contributed by atoms with Crippen LogP contribution in [0, 0.1) is 0 Å². The summed E-state index contributed by atoms with van der Waals surface area (Å²) in [4.78, 5) is 44.0. The molecule has 2 aromatic heterocycles. The summed E-state index contributed by atoms with van der Waals surface area (Å²) in [5, 5.41) is 8.30. The topological polar surface area (TPSA) is 101 Å². The molecule has 2 aromatic rings. The van der Waals surface area contributed by atoms with Gasteiger partial charge in [-0.1, -0.05) is 0 Å². The van der Waals surface area contributed by atoms with Gasteiger partial charge in [-0.3, -0.25) is 9.59 Å². The Labute approximate surface area is 196 Å². The summed E-state index contributed by atoms with van der Waals surface area (Å²) in [6.45, 7) is 8.06. The first-order chi connectivity index (χ1) is 15.1. The highest BCUT2D eigenvalue weighted by atomic mass is 32.1. The van der Waals surface area contributed by atoms with Crippen LogP contribution in [0.15, 0.2) is 17.5 Å². The average molecular weight is 479 g/mol. The maximum atomic E-state index is 12.5. The third-order valence-electron chi connectivity index (χ3n) is 4.72. The highest BCUT2D eigenvalue weighted by Crippen LogP contribution is 2.22. The van der Waals surface area contributed by atoms with E-state index in [0.717, 1.165) is 29.8 Å². The van der Waals surface area contributed by atoms with Crippen LogP contribution >= 0.6 is 22.7 Å². The highest BCUT2D eigenvalue weighted by molar-refractivity contribution is 7.14. The number of carbonyl (C=O) groups excluding carboxylic acids is 3. The fourth-order valence-electron chi connectivity index (χ4n) is 3.34. The quantitative estimate of drug-likeness (QED) is 0.633. The monoisotopic (exact) mass is 478 g/mol. The molecule has 0 aromatic carbocycles. The van der Waals surface area contributed by atoms with Crippen molar-refractivity contribution in [1.29, 1.82) is 0 Å². The van der Waals surface area contributed by atoms with E-state index in [1.54, 1.807) is 16.2 Å². The summed E-state index contributed by atoms with van der Waals surface area (Å²) in [6.07, 6.45) is 2.35. The molecule has 1 aliphatic rings. The van der Waals surface area contributed by atoms with Crippen molar-refractivity contribution in [3.05, 3.63) is 33.0 Å². The molecule has 0 radical (unpaired) electrons. The molecule has 174 valence electrons. The number of hydrogen-bond acceptors (Lipinski definition) is 7. The predicted octanol–water partition coefficient (Wildman–Crippen LogP) is 3.62. The number of amides is 3. The van der Waals surface area contributed by atoms with Gasteiger partial charge in [0.1, 0.15) is 5.60 Å². The molecule has 0 spiro atoms. The molecule has 0 bridgehead atoms. The summed E-state index contributed by atoms with van der Waals surface area (Å²) in [5.41, 5.74) is 0.421. The van der Waals surface area contributed by atoms with Crippen LogP contribution in [0.2, 0.25) is 0 Å². The molecule has 1 unspecified atom stereocenters. The molecule has 1 fully saturated rings. The van der Waals surface area contributed by atoms with Crippen LogP contribution in [-0.4, -0.2) is 52.5 Å². The third kappa shape index (κ3) is 7.59. The van der Waals surface area contributed by atoms with Crippen LogP contribution in [0.3, 0.4) is 0 Å². The van der Waals surface area contributed by atoms with Gasteiger partial charge < -0.3 is 20.3 Å². The average Bonchev–Trinajstić information content (AvgIpc) is 3.40. The SMILES string of the molecule is CC(=O)Nc1nc(CCc2ccc(CC(=O)NC3CCN(C(=O)OC(C)(C)C)C3)s2)cs1. The molecule has 1 aliphatic heterocycles. The van der Waals surface area contributed by atoms with Crippen LogP contribution in [-0.2, 0) is 33.6 Å². The van der Waals surface area contributed by atoms with Crippen LogP contribution in [0.1, 0.15) is 49.6 Å². The lowest BCUT2D eigenvalue weighted by Crippen LogP contribution is -2.40. The van der Waals surface area contributed by atoms with E-state index in [9.17, 15) is 14.4 Å². The summed E-state index contributed by atoms with van der Waals surface area (Å²) < 4.78 is 5.40. The second kappa shape index (κ2) is 10.4. The van der Waals surface area contributed by atoms with E-state index in [0.29, 0.717) is 24.6 Å². The fourth-order valence-corrected chi connectivity index (χ4v) is 5.15. The van der Waals surface area contributed by atoms with Gasteiger partial charge in [0.25, 0.3) is 0 Å². The first-order valence-corrected chi connectivity index (χ1v) is 12.3. The molecule has 3 heterocycles. The van der Waals surface area contributed by atoms with Crippen molar-refractivity contribution in [1.82, 2.24) is 15.2 Å². The zero-order valence-corrected chi connectivity index (χ0v) is 20.5. The zero-order valence-electron chi connectivity index (χ0n) is 18.9. The predicted molar refractivity (Wildman–Crippen MR) is 126 cm³/mol. The van der Waals surface area contributed by atoms with Crippen LogP contribution in [0.25, 0.3) is 0 Å². The molecule has 32 heavy (non-hydrogen) atoms. The lowest BCUT2D eigenvalue weighted by molar-refractivity contribution is -0.121. The number of nitrogens with one attached hydrogen (secondary N) is 2. The van der Waals surface area contributed by atoms with Crippen molar-refractivity contribution in [2.24, 2.45) is 0 Å². The number of anilines is 1. The molecule has 1 atom stereocenters. The van der Waals surface area contributed by atoms with Crippen molar-refractivity contribution in [2.75, 3.05) is 18.4 Å². The zero-order chi connectivity index (χ0) is 23.3. The van der Waals surface area contributed by atoms with Gasteiger partial charge in [0.2, 0.25) is 11.8 Å². The van der Waals surface area contributed by atoms with Crippen LogP contribution < -0.4 is 10.6 Å². The summed E-state index contributed by atoms with van der Waals surface area (Å²) in [7, 11) is 0. The first kappa shape index (κ1) is 24.2. The number of thiophene rings is 1. The Kier molecular flexibility index (Phi) is 7.89. The number of ether oxygens (including phenoxy) is 1. The standard InChI is InChI=1S/C22H30N4O4S2/c1-14(27)23-20-25-16(13-31-20)5-6-17-7-8-18(32-17)11-19(28)24-15-9-10-26(12-15)21(29)30-22(2,3)4/h7-8,13,15H,5-6,9-12H2,1-4H3,(H,24,28)(H,23,25,27). The van der Waals surface area contributed by atoms with Gasteiger partial charge in [-0.15, -0.1) is 22.7 Å². The Morgan fingerprint density at radius 1 is 1.22 bits per heavy atom. The third-order valence-corrected chi connectivity index (χ3v) is 6.67. The highest BCUT2D eigenvalue weighted by Gasteiger charge is 2.30. The van der Waals surface area contributed by atoms with Crippen LogP contribution in [0.5, 0.6) is 0 Å². The lowest BCUT2D eigenvalue weighted by Gasteiger charge is -2.24. The van der Waals surface area contributed by atoms with E-state index in [2.05, 4.69) is 15.6 Å². The van der Waals surface area contributed by atoms with E-state index in [-0.39, 0.29) is 23.9 Å². The van der Waals surface area contributed by atoms with Gasteiger partial charge in [0.05, 0.1) is 12.1 Å². The Hall–Kier alpha value is -2.46. The lowest BCUT2D eigenvalue weighted by atomic mass is 10.2. The second-order valence-electron chi connectivity index (χ2n) is 8.85. The summed E-state index contributed by atoms with van der Waals surface area (Å²) in [6, 6.07) is 4.00. The number of likely N-dealkylation sites (tertiary alicyclic amines) is 1. The molecule has 2 N–H and O–H groups in total. The number of carbonyl (C=O) groups is 3. The van der Waals surface area contributed by atoms with E-state index in [1.807, 2.05) is 38.3 Å². The number of nitrogens with zero attached hydrogens (tertiary/aromatic N) is 2. The van der Waals surface area contributed by atoms with Gasteiger partial charge in [-0.05, 0) is 52.2 Å². The Morgan fingerprint density at radius 2 is 1.97 bits per heavy atom. The number of hydrogen-bond donors (Lipinski definition) is 2. The van der Waals surface area contributed by atoms with Crippen molar-refractivity contribution in [3.63, 3.8) is 0 Å². The molecule has 0 aliphatic carbocycles.